The Kier molecular flexibility index (Phi) is 7.43. The molecule has 1 aliphatic heterocycles. The highest BCUT2D eigenvalue weighted by Gasteiger charge is 2.23. The summed E-state index contributed by atoms with van der Waals surface area (Å²) in [5.74, 6) is 1.53. The third kappa shape index (κ3) is 5.46. The summed E-state index contributed by atoms with van der Waals surface area (Å²) in [4.78, 5) is 13.3. The van der Waals surface area contributed by atoms with Crippen LogP contribution in [0.25, 0.3) is 0 Å². The van der Waals surface area contributed by atoms with E-state index in [9.17, 15) is 10.1 Å². The second-order valence-electron chi connectivity index (χ2n) is 7.15. The van der Waals surface area contributed by atoms with Crippen molar-refractivity contribution in [2.75, 3.05) is 33.4 Å². The number of rotatable bonds is 10. The van der Waals surface area contributed by atoms with Crippen molar-refractivity contribution in [1.29, 1.82) is 0 Å². The van der Waals surface area contributed by atoms with Gasteiger partial charge >= 0.3 is 0 Å². The molecule has 2 aromatic carbocycles. The Bertz CT molecular complexity index is 804. The molecule has 29 heavy (non-hydrogen) atoms. The molecule has 1 unspecified atom stereocenters. The normalized spacial score (nSPS) is 15.2. The van der Waals surface area contributed by atoms with Crippen LogP contribution in [-0.4, -0.2) is 43.2 Å². The van der Waals surface area contributed by atoms with Gasteiger partial charge < -0.3 is 14.8 Å². The summed E-state index contributed by atoms with van der Waals surface area (Å²) in [5.41, 5.74) is 2.12. The molecule has 0 bridgehead atoms. The van der Waals surface area contributed by atoms with Crippen molar-refractivity contribution in [3.8, 4) is 11.5 Å². The Hall–Kier alpha value is -2.64. The maximum absolute atomic E-state index is 11.1. The minimum absolute atomic E-state index is 0.0801. The van der Waals surface area contributed by atoms with Crippen molar-refractivity contribution in [3.05, 3.63) is 63.7 Å². The zero-order valence-corrected chi connectivity index (χ0v) is 17.1. The zero-order valence-electron chi connectivity index (χ0n) is 17.1. The Labute approximate surface area is 171 Å². The SMILES string of the molecule is CCOc1ccc([N+](=O)[O-])cc1CNCC(c1ccc(OC)cc1)N1CCCC1. The van der Waals surface area contributed by atoms with Crippen molar-refractivity contribution < 1.29 is 14.4 Å². The van der Waals surface area contributed by atoms with Crippen LogP contribution in [0.2, 0.25) is 0 Å². The van der Waals surface area contributed by atoms with Gasteiger partial charge in [0.1, 0.15) is 11.5 Å². The topological polar surface area (TPSA) is 76.9 Å². The van der Waals surface area contributed by atoms with Gasteiger partial charge in [0.05, 0.1) is 18.6 Å². The fourth-order valence-electron chi connectivity index (χ4n) is 3.79. The lowest BCUT2D eigenvalue weighted by atomic mass is 10.0. The third-order valence-corrected chi connectivity index (χ3v) is 5.29. The Balaban J connectivity index is 1.72. The molecule has 0 amide bonds. The van der Waals surface area contributed by atoms with Gasteiger partial charge in [-0.25, -0.2) is 0 Å². The lowest BCUT2D eigenvalue weighted by Crippen LogP contribution is -2.34. The van der Waals surface area contributed by atoms with Gasteiger partial charge in [0.2, 0.25) is 0 Å². The number of benzene rings is 2. The summed E-state index contributed by atoms with van der Waals surface area (Å²) < 4.78 is 10.9. The summed E-state index contributed by atoms with van der Waals surface area (Å²) in [7, 11) is 1.67. The number of ether oxygens (including phenoxy) is 2. The molecule has 0 radical (unpaired) electrons. The van der Waals surface area contributed by atoms with Crippen LogP contribution in [0.1, 0.15) is 36.9 Å². The maximum Gasteiger partial charge on any atom is 0.270 e. The minimum atomic E-state index is -0.371. The Morgan fingerprint density at radius 3 is 2.52 bits per heavy atom. The number of nitro benzene ring substituents is 1. The van der Waals surface area contributed by atoms with Gasteiger partial charge in [-0.3, -0.25) is 15.0 Å². The van der Waals surface area contributed by atoms with Gasteiger partial charge in [0.25, 0.3) is 5.69 Å². The van der Waals surface area contributed by atoms with Crippen LogP contribution in [0.15, 0.2) is 42.5 Å². The monoisotopic (exact) mass is 399 g/mol. The number of nitro groups is 1. The van der Waals surface area contributed by atoms with Gasteiger partial charge in [-0.15, -0.1) is 0 Å². The van der Waals surface area contributed by atoms with Crippen LogP contribution in [0.3, 0.4) is 0 Å². The quantitative estimate of drug-likeness (QED) is 0.482. The first-order valence-electron chi connectivity index (χ1n) is 10.1. The summed E-state index contributed by atoms with van der Waals surface area (Å²) in [6.45, 7) is 5.86. The van der Waals surface area contributed by atoms with Gasteiger partial charge in [-0.05, 0) is 56.6 Å². The van der Waals surface area contributed by atoms with Crippen molar-refractivity contribution in [2.45, 2.75) is 32.4 Å². The molecule has 0 spiro atoms. The molecule has 0 saturated carbocycles. The molecule has 156 valence electrons. The van der Waals surface area contributed by atoms with E-state index in [1.807, 2.05) is 19.1 Å². The van der Waals surface area contributed by atoms with E-state index in [4.69, 9.17) is 9.47 Å². The van der Waals surface area contributed by atoms with E-state index in [-0.39, 0.29) is 16.7 Å². The van der Waals surface area contributed by atoms with Gasteiger partial charge in [-0.1, -0.05) is 12.1 Å². The maximum atomic E-state index is 11.1. The summed E-state index contributed by atoms with van der Waals surface area (Å²) >= 11 is 0. The highest BCUT2D eigenvalue weighted by molar-refractivity contribution is 5.43. The molecule has 7 nitrogen and oxygen atoms in total. The van der Waals surface area contributed by atoms with Crippen molar-refractivity contribution in [2.24, 2.45) is 0 Å². The van der Waals surface area contributed by atoms with Gasteiger partial charge in [0.15, 0.2) is 0 Å². The molecule has 2 aromatic rings. The number of non-ortho nitro benzene ring substituents is 1. The number of nitrogens with one attached hydrogen (secondary N) is 1. The number of methoxy groups -OCH3 is 1. The second kappa shape index (κ2) is 10.2. The van der Waals surface area contributed by atoms with Crippen LogP contribution in [-0.2, 0) is 6.54 Å². The second-order valence-corrected chi connectivity index (χ2v) is 7.15. The van der Waals surface area contributed by atoms with E-state index in [0.29, 0.717) is 18.9 Å². The fraction of sp³-hybridized carbons (Fsp3) is 0.455. The molecule has 0 aliphatic carbocycles. The molecular weight excluding hydrogens is 370 g/mol. The molecule has 3 rings (SSSR count). The van der Waals surface area contributed by atoms with Gasteiger partial charge in [-0.2, -0.15) is 0 Å². The molecule has 1 heterocycles. The predicted molar refractivity (Wildman–Crippen MR) is 113 cm³/mol. The smallest absolute Gasteiger partial charge is 0.270 e. The Morgan fingerprint density at radius 1 is 1.17 bits per heavy atom. The first-order chi connectivity index (χ1) is 14.1. The van der Waals surface area contributed by atoms with Crippen LogP contribution >= 0.6 is 0 Å². The highest BCUT2D eigenvalue weighted by atomic mass is 16.6. The molecular formula is C22H29N3O4. The van der Waals surface area contributed by atoms with Crippen molar-refractivity contribution >= 4 is 5.69 Å². The van der Waals surface area contributed by atoms with Crippen LogP contribution in [0.4, 0.5) is 5.69 Å². The van der Waals surface area contributed by atoms with Crippen LogP contribution in [0.5, 0.6) is 11.5 Å². The van der Waals surface area contributed by atoms with E-state index in [1.165, 1.54) is 24.5 Å². The zero-order chi connectivity index (χ0) is 20.6. The molecule has 1 fully saturated rings. The number of hydrogen-bond acceptors (Lipinski definition) is 6. The number of nitrogens with zero attached hydrogens (tertiary/aromatic N) is 2. The standard InChI is InChI=1S/C22H29N3O4/c1-3-29-22-11-8-19(25(26)27)14-18(22)15-23-16-21(24-12-4-5-13-24)17-6-9-20(28-2)10-7-17/h6-11,14,21,23H,3-5,12-13,15-16H2,1-2H3. The summed E-state index contributed by atoms with van der Waals surface area (Å²) in [5, 5.41) is 14.6. The lowest BCUT2D eigenvalue weighted by molar-refractivity contribution is -0.384. The van der Waals surface area contributed by atoms with Crippen molar-refractivity contribution in [1.82, 2.24) is 10.2 Å². The minimum Gasteiger partial charge on any atom is -0.497 e. The predicted octanol–water partition coefficient (Wildman–Crippen LogP) is 3.93. The first kappa shape index (κ1) is 21.1. The number of likely N-dealkylation sites (tertiary alicyclic amines) is 1. The highest BCUT2D eigenvalue weighted by Crippen LogP contribution is 2.27. The number of hydrogen-bond donors (Lipinski definition) is 1. The van der Waals surface area contributed by atoms with Crippen LogP contribution in [0, 0.1) is 10.1 Å². The molecule has 1 saturated heterocycles. The molecule has 0 aromatic heterocycles. The summed E-state index contributed by atoms with van der Waals surface area (Å²) in [6, 6.07) is 13.2. The van der Waals surface area contributed by atoms with E-state index in [1.54, 1.807) is 19.2 Å². The van der Waals surface area contributed by atoms with E-state index >= 15 is 0 Å². The molecule has 1 N–H and O–H groups in total. The van der Waals surface area contributed by atoms with Crippen LogP contribution < -0.4 is 14.8 Å². The van der Waals surface area contributed by atoms with E-state index < -0.39 is 0 Å². The summed E-state index contributed by atoms with van der Waals surface area (Å²) in [6.07, 6.45) is 2.43. The fourth-order valence-corrected chi connectivity index (χ4v) is 3.79. The van der Waals surface area contributed by atoms with E-state index in [0.717, 1.165) is 30.9 Å². The average molecular weight is 399 g/mol. The average Bonchev–Trinajstić information content (AvgIpc) is 3.27. The van der Waals surface area contributed by atoms with Crippen molar-refractivity contribution in [3.63, 3.8) is 0 Å². The largest absolute Gasteiger partial charge is 0.497 e. The molecule has 1 atom stereocenters. The first-order valence-corrected chi connectivity index (χ1v) is 10.1. The lowest BCUT2D eigenvalue weighted by Gasteiger charge is -2.28. The van der Waals surface area contributed by atoms with E-state index in [2.05, 4.69) is 22.3 Å². The van der Waals surface area contributed by atoms with Gasteiger partial charge in [0, 0.05) is 36.8 Å². The third-order valence-electron chi connectivity index (χ3n) is 5.29. The molecule has 7 heteroatoms. The molecule has 1 aliphatic rings. The Morgan fingerprint density at radius 2 is 1.90 bits per heavy atom.